The maximum Gasteiger partial charge on any atom is 0.225 e. The van der Waals surface area contributed by atoms with Crippen LogP contribution in [0.5, 0.6) is 0 Å². The predicted molar refractivity (Wildman–Crippen MR) is 96.9 cm³/mol. The molecule has 26 heavy (non-hydrogen) atoms. The largest absolute Gasteiger partial charge is 0.390 e. The van der Waals surface area contributed by atoms with Gasteiger partial charge in [0.25, 0.3) is 0 Å². The van der Waals surface area contributed by atoms with Crippen molar-refractivity contribution in [3.63, 3.8) is 0 Å². The van der Waals surface area contributed by atoms with Crippen LogP contribution < -0.4 is 9.80 Å². The van der Waals surface area contributed by atoms with Gasteiger partial charge in [-0.05, 0) is 38.8 Å². The van der Waals surface area contributed by atoms with Crippen molar-refractivity contribution in [3.05, 3.63) is 35.5 Å². The van der Waals surface area contributed by atoms with Crippen LogP contribution in [0.1, 0.15) is 43.1 Å². The molecule has 0 amide bonds. The Morgan fingerprint density at radius 2 is 1.92 bits per heavy atom. The number of aromatic nitrogens is 4. The SMILES string of the molecule is Cc1cc(CO)nc(N2CC3CCC(C2)N3c2ccnc(C(C)O)n2)n1. The second-order valence-corrected chi connectivity index (χ2v) is 7.11. The summed E-state index contributed by atoms with van der Waals surface area (Å²) >= 11 is 0. The van der Waals surface area contributed by atoms with E-state index in [2.05, 4.69) is 29.7 Å². The van der Waals surface area contributed by atoms with Crippen molar-refractivity contribution in [2.75, 3.05) is 22.9 Å². The number of hydrogen-bond donors (Lipinski definition) is 2. The Morgan fingerprint density at radius 3 is 2.58 bits per heavy atom. The van der Waals surface area contributed by atoms with Crippen LogP contribution in [0.15, 0.2) is 18.3 Å². The van der Waals surface area contributed by atoms with Crippen LogP contribution in [0.2, 0.25) is 0 Å². The first-order valence-corrected chi connectivity index (χ1v) is 9.05. The Hall–Kier alpha value is -2.32. The molecule has 138 valence electrons. The third-order valence-electron chi connectivity index (χ3n) is 5.12. The number of nitrogens with zero attached hydrogens (tertiary/aromatic N) is 6. The summed E-state index contributed by atoms with van der Waals surface area (Å²) in [6.07, 6.45) is 3.22. The summed E-state index contributed by atoms with van der Waals surface area (Å²) in [6.45, 7) is 5.16. The molecular formula is C18H24N6O2. The number of aliphatic hydroxyl groups excluding tert-OH is 2. The molecule has 8 nitrogen and oxygen atoms in total. The quantitative estimate of drug-likeness (QED) is 0.836. The van der Waals surface area contributed by atoms with Crippen LogP contribution >= 0.6 is 0 Å². The zero-order valence-electron chi connectivity index (χ0n) is 15.1. The lowest BCUT2D eigenvalue weighted by Crippen LogP contribution is -2.54. The Labute approximate surface area is 152 Å². The summed E-state index contributed by atoms with van der Waals surface area (Å²) in [5.41, 5.74) is 1.52. The average Bonchev–Trinajstić information content (AvgIpc) is 2.90. The first kappa shape index (κ1) is 17.1. The Kier molecular flexibility index (Phi) is 4.46. The zero-order valence-corrected chi connectivity index (χ0v) is 15.1. The molecule has 3 atom stereocenters. The van der Waals surface area contributed by atoms with Crippen molar-refractivity contribution >= 4 is 11.8 Å². The van der Waals surface area contributed by atoms with Gasteiger partial charge >= 0.3 is 0 Å². The maximum atomic E-state index is 9.77. The highest BCUT2D eigenvalue weighted by Gasteiger charge is 2.41. The van der Waals surface area contributed by atoms with Gasteiger partial charge in [0.1, 0.15) is 11.9 Å². The topological polar surface area (TPSA) is 98.5 Å². The average molecular weight is 356 g/mol. The van der Waals surface area contributed by atoms with Gasteiger partial charge in [-0.2, -0.15) is 0 Å². The van der Waals surface area contributed by atoms with Gasteiger partial charge in [-0.25, -0.2) is 19.9 Å². The van der Waals surface area contributed by atoms with Crippen molar-refractivity contribution in [3.8, 4) is 0 Å². The van der Waals surface area contributed by atoms with Gasteiger partial charge in [-0.1, -0.05) is 0 Å². The molecule has 2 aliphatic heterocycles. The number of piperazine rings is 1. The van der Waals surface area contributed by atoms with E-state index >= 15 is 0 Å². The second kappa shape index (κ2) is 6.77. The van der Waals surface area contributed by atoms with Gasteiger partial charge in [0.2, 0.25) is 5.95 Å². The molecule has 2 N–H and O–H groups in total. The highest BCUT2D eigenvalue weighted by molar-refractivity contribution is 5.48. The molecule has 0 aromatic carbocycles. The molecule has 4 rings (SSSR count). The molecule has 0 radical (unpaired) electrons. The van der Waals surface area contributed by atoms with Crippen LogP contribution in [0, 0.1) is 6.92 Å². The predicted octanol–water partition coefficient (Wildman–Crippen LogP) is 0.978. The smallest absolute Gasteiger partial charge is 0.225 e. The molecule has 0 saturated carbocycles. The van der Waals surface area contributed by atoms with E-state index in [4.69, 9.17) is 0 Å². The van der Waals surface area contributed by atoms with E-state index in [0.717, 1.165) is 37.4 Å². The fourth-order valence-corrected chi connectivity index (χ4v) is 3.99. The molecule has 2 aliphatic rings. The molecule has 2 saturated heterocycles. The second-order valence-electron chi connectivity index (χ2n) is 7.11. The Bertz CT molecular complexity index is 785. The highest BCUT2D eigenvalue weighted by atomic mass is 16.3. The van der Waals surface area contributed by atoms with Gasteiger partial charge in [0.05, 0.1) is 12.3 Å². The molecule has 2 fully saturated rings. The van der Waals surface area contributed by atoms with Gasteiger partial charge in [0, 0.05) is 37.1 Å². The summed E-state index contributed by atoms with van der Waals surface area (Å²) in [4.78, 5) is 22.3. The van der Waals surface area contributed by atoms with E-state index in [1.165, 1.54) is 0 Å². The normalized spacial score (nSPS) is 23.4. The molecule has 4 heterocycles. The standard InChI is InChI=1S/C18H24N6O2/c1-11-7-13(10-25)21-18(20-11)23-8-14-3-4-15(9-23)24(14)16-5-6-19-17(22-16)12(2)26/h5-7,12,14-15,25-26H,3-4,8-10H2,1-2H3. The van der Waals surface area contributed by atoms with Crippen LogP contribution in [-0.4, -0.2) is 55.3 Å². The molecule has 8 heteroatoms. The van der Waals surface area contributed by atoms with Crippen LogP contribution in [-0.2, 0) is 6.61 Å². The van der Waals surface area contributed by atoms with Crippen molar-refractivity contribution in [1.82, 2.24) is 19.9 Å². The lowest BCUT2D eigenvalue weighted by Gasteiger charge is -2.42. The molecule has 2 aromatic heterocycles. The van der Waals surface area contributed by atoms with Crippen LogP contribution in [0.25, 0.3) is 0 Å². The van der Waals surface area contributed by atoms with E-state index in [1.807, 2.05) is 19.1 Å². The third kappa shape index (κ3) is 3.10. The Morgan fingerprint density at radius 1 is 1.19 bits per heavy atom. The van der Waals surface area contributed by atoms with Gasteiger partial charge in [-0.3, -0.25) is 0 Å². The lowest BCUT2D eigenvalue weighted by atomic mass is 10.2. The van der Waals surface area contributed by atoms with Gasteiger partial charge < -0.3 is 20.0 Å². The zero-order chi connectivity index (χ0) is 18.3. The number of hydrogen-bond acceptors (Lipinski definition) is 8. The van der Waals surface area contributed by atoms with E-state index in [-0.39, 0.29) is 6.61 Å². The Balaban J connectivity index is 1.58. The molecule has 0 spiro atoms. The van der Waals surface area contributed by atoms with E-state index in [9.17, 15) is 10.2 Å². The summed E-state index contributed by atoms with van der Waals surface area (Å²) in [6, 6.07) is 4.38. The lowest BCUT2D eigenvalue weighted by molar-refractivity contribution is 0.189. The van der Waals surface area contributed by atoms with E-state index < -0.39 is 6.10 Å². The number of fused-ring (bicyclic) bond motifs is 2. The summed E-state index contributed by atoms with van der Waals surface area (Å²) < 4.78 is 0. The fourth-order valence-electron chi connectivity index (χ4n) is 3.99. The summed E-state index contributed by atoms with van der Waals surface area (Å²) in [7, 11) is 0. The number of anilines is 2. The van der Waals surface area contributed by atoms with Crippen molar-refractivity contribution in [2.45, 2.75) is 51.5 Å². The molecule has 2 aromatic rings. The van der Waals surface area contributed by atoms with Crippen LogP contribution in [0.4, 0.5) is 11.8 Å². The molecule has 0 aliphatic carbocycles. The number of rotatable bonds is 4. The third-order valence-corrected chi connectivity index (χ3v) is 5.12. The maximum absolute atomic E-state index is 9.77. The van der Waals surface area contributed by atoms with Crippen LogP contribution in [0.3, 0.4) is 0 Å². The summed E-state index contributed by atoms with van der Waals surface area (Å²) in [5.74, 6) is 2.03. The van der Waals surface area contributed by atoms with Crippen molar-refractivity contribution in [2.24, 2.45) is 0 Å². The van der Waals surface area contributed by atoms with Crippen molar-refractivity contribution in [1.29, 1.82) is 0 Å². The van der Waals surface area contributed by atoms with E-state index in [0.29, 0.717) is 29.6 Å². The monoisotopic (exact) mass is 356 g/mol. The molecular weight excluding hydrogens is 332 g/mol. The first-order chi connectivity index (χ1) is 12.5. The minimum Gasteiger partial charge on any atom is -0.390 e. The van der Waals surface area contributed by atoms with E-state index in [1.54, 1.807) is 13.1 Å². The highest BCUT2D eigenvalue weighted by Crippen LogP contribution is 2.35. The number of aryl methyl sites for hydroxylation is 1. The molecule has 3 unspecified atom stereocenters. The van der Waals surface area contributed by atoms with Gasteiger partial charge in [0.15, 0.2) is 5.82 Å². The first-order valence-electron chi connectivity index (χ1n) is 9.05. The number of aliphatic hydroxyl groups is 2. The fraction of sp³-hybridized carbons (Fsp3) is 0.556. The minimum atomic E-state index is -0.675. The molecule has 2 bridgehead atoms. The minimum absolute atomic E-state index is 0.0771. The van der Waals surface area contributed by atoms with Crippen molar-refractivity contribution < 1.29 is 10.2 Å². The summed E-state index contributed by atoms with van der Waals surface area (Å²) in [5, 5.41) is 19.2. The van der Waals surface area contributed by atoms with Gasteiger partial charge in [-0.15, -0.1) is 0 Å².